The molecular weight excluding hydrogens is 398 g/mol. The Kier molecular flexibility index (Phi) is 6.87. The monoisotopic (exact) mass is 439 g/mol. The van der Waals surface area contributed by atoms with E-state index in [0.29, 0.717) is 23.8 Å². The normalized spacial score (nSPS) is 33.1. The fraction of sp³-hybridized carbons (Fsp3) is 0.741. The zero-order chi connectivity index (χ0) is 22.0. The molecule has 0 radical (unpaired) electrons. The Morgan fingerprint density at radius 2 is 1.75 bits per heavy atom. The number of piperidine rings is 2. The summed E-state index contributed by atoms with van der Waals surface area (Å²) in [5.74, 6) is 1.61. The van der Waals surface area contributed by atoms with E-state index in [0.717, 1.165) is 78.3 Å². The number of amides is 1. The molecule has 3 saturated heterocycles. The fourth-order valence-electron chi connectivity index (χ4n) is 7.07. The van der Waals surface area contributed by atoms with Crippen LogP contribution in [0, 0.1) is 11.3 Å². The second-order valence-corrected chi connectivity index (χ2v) is 10.6. The second-order valence-electron chi connectivity index (χ2n) is 10.6. The third-order valence-electron chi connectivity index (χ3n) is 9.05. The predicted octanol–water partition coefficient (Wildman–Crippen LogP) is 3.61. The molecule has 0 aromatic heterocycles. The summed E-state index contributed by atoms with van der Waals surface area (Å²) in [7, 11) is 0. The van der Waals surface area contributed by atoms with Crippen LogP contribution in [0.2, 0.25) is 0 Å². The first-order chi connectivity index (χ1) is 15.7. The molecule has 0 unspecified atom stereocenters. The third kappa shape index (κ3) is 4.36. The molecule has 3 atom stereocenters. The zero-order valence-electron chi connectivity index (χ0n) is 19.9. The van der Waals surface area contributed by atoms with E-state index < -0.39 is 0 Å². The van der Waals surface area contributed by atoms with Crippen LogP contribution in [-0.4, -0.2) is 85.7 Å². The lowest BCUT2D eigenvalue weighted by Crippen LogP contribution is -2.61. The van der Waals surface area contributed by atoms with Crippen LogP contribution in [0.15, 0.2) is 30.3 Å². The number of rotatable bonds is 4. The van der Waals surface area contributed by atoms with Crippen molar-refractivity contribution in [1.82, 2.24) is 14.7 Å². The molecule has 5 rings (SSSR count). The average Bonchev–Trinajstić information content (AvgIpc) is 2.88. The maximum Gasteiger partial charge on any atom is 0.230 e. The van der Waals surface area contributed by atoms with E-state index in [1.165, 1.54) is 24.8 Å². The van der Waals surface area contributed by atoms with Crippen LogP contribution < -0.4 is 0 Å². The first-order valence-corrected chi connectivity index (χ1v) is 13.1. The smallest absolute Gasteiger partial charge is 0.230 e. The van der Waals surface area contributed by atoms with Gasteiger partial charge in [0.25, 0.3) is 0 Å². The van der Waals surface area contributed by atoms with Gasteiger partial charge in [-0.3, -0.25) is 9.69 Å². The van der Waals surface area contributed by atoms with Crippen LogP contribution in [0.25, 0.3) is 0 Å². The molecule has 1 aromatic rings. The number of nitrogens with zero attached hydrogens (tertiary/aromatic N) is 3. The molecule has 0 N–H and O–H groups in total. The van der Waals surface area contributed by atoms with Crippen LogP contribution in [-0.2, 0) is 9.53 Å². The number of likely N-dealkylation sites (tertiary alicyclic amines) is 2. The fourth-order valence-corrected chi connectivity index (χ4v) is 7.07. The number of morpholine rings is 1. The molecule has 1 saturated carbocycles. The van der Waals surface area contributed by atoms with Gasteiger partial charge in [0.1, 0.15) is 0 Å². The Balaban J connectivity index is 1.28. The Hall–Kier alpha value is -1.43. The van der Waals surface area contributed by atoms with Gasteiger partial charge in [0.05, 0.1) is 18.6 Å². The highest BCUT2D eigenvalue weighted by molar-refractivity contribution is 5.84. The standard InChI is InChI=1S/C27H41N3O2/c1-2-28-13-11-24-20-25(29-16-18-32-19-17-29)8-12-27(24,21-28)26(31)30-14-9-23(10-15-30)22-6-4-3-5-7-22/h3-7,23-25H,2,8-21H2,1H3/t24-,25+,27-/m1/s1. The van der Waals surface area contributed by atoms with Crippen molar-refractivity contribution < 1.29 is 9.53 Å². The molecule has 5 nitrogen and oxygen atoms in total. The van der Waals surface area contributed by atoms with Crippen molar-refractivity contribution >= 4 is 5.91 Å². The second kappa shape index (κ2) is 9.82. The topological polar surface area (TPSA) is 36.0 Å². The lowest BCUT2D eigenvalue weighted by Gasteiger charge is -2.54. The van der Waals surface area contributed by atoms with Gasteiger partial charge in [-0.2, -0.15) is 0 Å². The highest BCUT2D eigenvalue weighted by Crippen LogP contribution is 2.49. The maximum atomic E-state index is 14.2. The van der Waals surface area contributed by atoms with E-state index in [1.54, 1.807) is 0 Å². The molecule has 0 spiro atoms. The lowest BCUT2D eigenvalue weighted by molar-refractivity contribution is -0.157. The summed E-state index contributed by atoms with van der Waals surface area (Å²) in [6.45, 7) is 11.1. The average molecular weight is 440 g/mol. The SMILES string of the molecule is CCN1CC[C@@H]2C[C@@H](N3CCOCC3)CC[C@@]2(C(=O)N2CCC(c3ccccc3)CC2)C1. The molecular formula is C27H41N3O2. The summed E-state index contributed by atoms with van der Waals surface area (Å²) in [6, 6.07) is 11.5. The molecule has 1 aromatic carbocycles. The van der Waals surface area contributed by atoms with Crippen LogP contribution >= 0.6 is 0 Å². The minimum absolute atomic E-state index is 0.156. The minimum atomic E-state index is -0.156. The van der Waals surface area contributed by atoms with Crippen LogP contribution in [0.5, 0.6) is 0 Å². The number of ether oxygens (including phenoxy) is 1. The number of fused-ring (bicyclic) bond motifs is 1. The molecule has 5 heteroatoms. The Morgan fingerprint density at radius 3 is 2.47 bits per heavy atom. The van der Waals surface area contributed by atoms with Gasteiger partial charge in [-0.25, -0.2) is 0 Å². The number of carbonyl (C=O) groups is 1. The maximum absolute atomic E-state index is 14.2. The van der Waals surface area contributed by atoms with Gasteiger partial charge in [-0.05, 0) is 69.0 Å². The van der Waals surface area contributed by atoms with Gasteiger partial charge in [0, 0.05) is 38.8 Å². The highest BCUT2D eigenvalue weighted by Gasteiger charge is 2.53. The molecule has 3 heterocycles. The van der Waals surface area contributed by atoms with Gasteiger partial charge in [-0.15, -0.1) is 0 Å². The van der Waals surface area contributed by atoms with Crippen molar-refractivity contribution in [3.8, 4) is 0 Å². The Morgan fingerprint density at radius 1 is 1.00 bits per heavy atom. The quantitative estimate of drug-likeness (QED) is 0.718. The predicted molar refractivity (Wildman–Crippen MR) is 128 cm³/mol. The van der Waals surface area contributed by atoms with E-state index in [-0.39, 0.29) is 5.41 Å². The number of benzene rings is 1. The van der Waals surface area contributed by atoms with Crippen LogP contribution in [0.4, 0.5) is 0 Å². The summed E-state index contributed by atoms with van der Waals surface area (Å²) >= 11 is 0. The first kappa shape index (κ1) is 22.4. The summed E-state index contributed by atoms with van der Waals surface area (Å²) in [6.07, 6.45) is 6.81. The molecule has 32 heavy (non-hydrogen) atoms. The Labute approximate surface area is 194 Å². The molecule has 3 aliphatic heterocycles. The Bertz CT molecular complexity index is 757. The molecule has 176 valence electrons. The summed E-state index contributed by atoms with van der Waals surface area (Å²) in [5, 5.41) is 0. The number of hydrogen-bond donors (Lipinski definition) is 0. The van der Waals surface area contributed by atoms with Gasteiger partial charge < -0.3 is 14.5 Å². The molecule has 1 aliphatic carbocycles. The third-order valence-corrected chi connectivity index (χ3v) is 9.05. The summed E-state index contributed by atoms with van der Waals surface area (Å²) in [5.41, 5.74) is 1.29. The number of hydrogen-bond acceptors (Lipinski definition) is 4. The van der Waals surface area contributed by atoms with Gasteiger partial charge in [-0.1, -0.05) is 37.3 Å². The van der Waals surface area contributed by atoms with Crippen molar-refractivity contribution in [3.05, 3.63) is 35.9 Å². The largest absolute Gasteiger partial charge is 0.379 e. The molecule has 0 bridgehead atoms. The molecule has 1 amide bonds. The van der Waals surface area contributed by atoms with E-state index in [1.807, 2.05) is 0 Å². The summed E-state index contributed by atoms with van der Waals surface area (Å²) in [4.78, 5) is 21.6. The minimum Gasteiger partial charge on any atom is -0.379 e. The van der Waals surface area contributed by atoms with E-state index in [9.17, 15) is 4.79 Å². The van der Waals surface area contributed by atoms with Crippen LogP contribution in [0.3, 0.4) is 0 Å². The van der Waals surface area contributed by atoms with E-state index in [4.69, 9.17) is 4.74 Å². The number of carbonyl (C=O) groups excluding carboxylic acids is 1. The lowest BCUT2D eigenvalue weighted by atomic mass is 9.60. The van der Waals surface area contributed by atoms with Crippen molar-refractivity contribution in [3.63, 3.8) is 0 Å². The van der Waals surface area contributed by atoms with Gasteiger partial charge >= 0.3 is 0 Å². The summed E-state index contributed by atoms with van der Waals surface area (Å²) < 4.78 is 5.59. The van der Waals surface area contributed by atoms with E-state index >= 15 is 0 Å². The zero-order valence-corrected chi connectivity index (χ0v) is 19.9. The van der Waals surface area contributed by atoms with Crippen LogP contribution in [0.1, 0.15) is 56.9 Å². The highest BCUT2D eigenvalue weighted by atomic mass is 16.5. The van der Waals surface area contributed by atoms with Crippen molar-refractivity contribution in [2.24, 2.45) is 11.3 Å². The molecule has 4 aliphatic rings. The van der Waals surface area contributed by atoms with Crippen molar-refractivity contribution in [2.45, 2.75) is 57.4 Å². The van der Waals surface area contributed by atoms with Gasteiger partial charge in [0.15, 0.2) is 0 Å². The van der Waals surface area contributed by atoms with E-state index in [2.05, 4.69) is 52.0 Å². The van der Waals surface area contributed by atoms with Crippen molar-refractivity contribution in [2.75, 3.05) is 59.0 Å². The van der Waals surface area contributed by atoms with Crippen molar-refractivity contribution in [1.29, 1.82) is 0 Å². The van der Waals surface area contributed by atoms with Gasteiger partial charge in [0.2, 0.25) is 5.91 Å². The molecule has 4 fully saturated rings. The first-order valence-electron chi connectivity index (χ1n) is 13.1.